The van der Waals surface area contributed by atoms with E-state index < -0.39 is 58.7 Å². The largest absolute Gasteiger partial charge is 0.496 e. The number of hydrogen-bond acceptors (Lipinski definition) is 9. The number of carbonyl (C=O) groups is 5. The number of hydrogen-bond donors (Lipinski definition) is 3. The lowest BCUT2D eigenvalue weighted by Crippen LogP contribution is -2.59. The molecule has 1 saturated carbocycles. The summed E-state index contributed by atoms with van der Waals surface area (Å²) in [4.78, 5) is 74.1. The number of benzene rings is 1. The van der Waals surface area contributed by atoms with E-state index in [4.69, 9.17) is 14.3 Å². The first-order chi connectivity index (χ1) is 22.6. The topological polar surface area (TPSA) is 165 Å². The highest BCUT2D eigenvalue weighted by Crippen LogP contribution is 2.41. The Labute approximate surface area is 282 Å². The van der Waals surface area contributed by atoms with E-state index in [0.29, 0.717) is 18.6 Å². The normalized spacial score (nSPS) is 22.0. The highest BCUT2D eigenvalue weighted by Gasteiger charge is 2.55. The van der Waals surface area contributed by atoms with Gasteiger partial charge in [0.05, 0.1) is 25.4 Å². The number of carbonyl (C=O) groups excluding carboxylic acids is 5. The summed E-state index contributed by atoms with van der Waals surface area (Å²) in [6.45, 7) is 11.2. The van der Waals surface area contributed by atoms with Crippen LogP contribution < -0.4 is 20.7 Å². The van der Waals surface area contributed by atoms with Crippen molar-refractivity contribution in [3.05, 3.63) is 28.8 Å². The molecule has 13 nitrogen and oxygen atoms in total. The molecule has 4 amide bonds. The smallest absolute Gasteiger partial charge is 0.408 e. The van der Waals surface area contributed by atoms with Gasteiger partial charge in [-0.15, -0.1) is 0 Å². The summed E-state index contributed by atoms with van der Waals surface area (Å²) in [7, 11) is 2.97. The van der Waals surface area contributed by atoms with Gasteiger partial charge in [-0.05, 0) is 74.6 Å². The number of aryl methyl sites for hydroxylation is 2. The molecule has 0 aromatic heterocycles. The van der Waals surface area contributed by atoms with Gasteiger partial charge < -0.3 is 35.2 Å². The fourth-order valence-electron chi connectivity index (χ4n) is 6.95. The summed E-state index contributed by atoms with van der Waals surface area (Å²) < 4.78 is 11.1. The summed E-state index contributed by atoms with van der Waals surface area (Å²) in [6.07, 6.45) is 3.81. The van der Waals surface area contributed by atoms with Gasteiger partial charge in [0.2, 0.25) is 17.6 Å². The van der Waals surface area contributed by atoms with Crippen LogP contribution in [0.4, 0.5) is 4.79 Å². The Morgan fingerprint density at radius 3 is 2.29 bits per heavy atom. The highest BCUT2D eigenvalue weighted by molar-refractivity contribution is 6.38. The molecule has 4 atom stereocenters. The SMILES string of the molecule is CCC[C@H](NC(=O)[C@@H]1C[C@]2(CC(c3cc(C)c(OC)c(C)c3)=NO2)CN1C(=O)[C@@H](NC(=O)OC1CCCC1)C(C)(C)C)C(=O)C(=O)NC. The van der Waals surface area contributed by atoms with Gasteiger partial charge in [-0.2, -0.15) is 0 Å². The number of nitrogens with one attached hydrogen (secondary N) is 3. The number of ether oxygens (including phenoxy) is 2. The maximum Gasteiger partial charge on any atom is 0.408 e. The Bertz CT molecular complexity index is 1420. The van der Waals surface area contributed by atoms with E-state index in [2.05, 4.69) is 21.1 Å². The van der Waals surface area contributed by atoms with Crippen LogP contribution in [0.25, 0.3) is 0 Å². The zero-order valence-corrected chi connectivity index (χ0v) is 29.5. The summed E-state index contributed by atoms with van der Waals surface area (Å²) in [5.41, 5.74) is 1.59. The Kier molecular flexibility index (Phi) is 11.4. The number of rotatable bonds is 11. The Hall–Kier alpha value is -4.16. The van der Waals surface area contributed by atoms with Crippen LogP contribution in [0.3, 0.4) is 0 Å². The van der Waals surface area contributed by atoms with Gasteiger partial charge in [-0.25, -0.2) is 4.79 Å². The number of nitrogens with zero attached hydrogens (tertiary/aromatic N) is 2. The van der Waals surface area contributed by atoms with Gasteiger partial charge in [0, 0.05) is 25.5 Å². The second-order valence-corrected chi connectivity index (χ2v) is 14.4. The van der Waals surface area contributed by atoms with Gasteiger partial charge in [0.25, 0.3) is 5.91 Å². The number of methoxy groups -OCH3 is 1. The fraction of sp³-hybridized carbons (Fsp3) is 0.657. The van der Waals surface area contributed by atoms with Gasteiger partial charge in [0.1, 0.15) is 23.9 Å². The molecule has 4 rings (SSSR count). The molecule has 2 heterocycles. The van der Waals surface area contributed by atoms with Crippen molar-refractivity contribution in [2.75, 3.05) is 20.7 Å². The molecule has 1 saturated heterocycles. The number of amides is 4. The number of likely N-dealkylation sites (N-methyl/N-ethyl adjacent to an activating group) is 1. The fourth-order valence-corrected chi connectivity index (χ4v) is 6.95. The van der Waals surface area contributed by atoms with E-state index in [0.717, 1.165) is 48.1 Å². The molecular formula is C35H51N5O8. The third-order valence-corrected chi connectivity index (χ3v) is 9.43. The summed E-state index contributed by atoms with van der Waals surface area (Å²) >= 11 is 0. The molecule has 13 heteroatoms. The van der Waals surface area contributed by atoms with Crippen molar-refractivity contribution < 1.29 is 38.3 Å². The van der Waals surface area contributed by atoms with Crippen molar-refractivity contribution in [3.8, 4) is 5.75 Å². The molecule has 48 heavy (non-hydrogen) atoms. The summed E-state index contributed by atoms with van der Waals surface area (Å²) in [6, 6.07) is 0.745. The van der Waals surface area contributed by atoms with E-state index in [1.165, 1.54) is 11.9 Å². The number of likely N-dealkylation sites (tertiary alicyclic amines) is 1. The van der Waals surface area contributed by atoms with Crippen LogP contribution in [-0.2, 0) is 28.8 Å². The Balaban J connectivity index is 1.63. The van der Waals surface area contributed by atoms with Crippen LogP contribution in [0.1, 0.15) is 95.8 Å². The van der Waals surface area contributed by atoms with Crippen LogP contribution in [0, 0.1) is 19.3 Å². The second-order valence-electron chi connectivity index (χ2n) is 14.4. The molecule has 0 bridgehead atoms. The maximum absolute atomic E-state index is 14.5. The van der Waals surface area contributed by atoms with Crippen molar-refractivity contribution in [2.45, 2.75) is 123 Å². The quantitative estimate of drug-likeness (QED) is 0.302. The molecule has 1 aromatic rings. The number of ketones is 1. The molecule has 2 fully saturated rings. The molecule has 0 radical (unpaired) electrons. The molecule has 3 aliphatic rings. The molecule has 2 aliphatic heterocycles. The number of Topliss-reactive ketones (excluding diaryl/α,β-unsaturated/α-hetero) is 1. The molecular weight excluding hydrogens is 618 g/mol. The average molecular weight is 670 g/mol. The van der Waals surface area contributed by atoms with Gasteiger partial charge in [0.15, 0.2) is 5.60 Å². The Morgan fingerprint density at radius 1 is 1.08 bits per heavy atom. The van der Waals surface area contributed by atoms with Crippen molar-refractivity contribution in [1.82, 2.24) is 20.9 Å². The Morgan fingerprint density at radius 2 is 1.73 bits per heavy atom. The lowest BCUT2D eigenvalue weighted by atomic mass is 9.85. The van der Waals surface area contributed by atoms with Gasteiger partial charge in [-0.3, -0.25) is 19.2 Å². The van der Waals surface area contributed by atoms with E-state index in [1.807, 2.05) is 53.7 Å². The third kappa shape index (κ3) is 8.10. The van der Waals surface area contributed by atoms with Crippen LogP contribution in [-0.4, -0.2) is 90.7 Å². The molecule has 1 aromatic carbocycles. The van der Waals surface area contributed by atoms with Crippen molar-refractivity contribution >= 4 is 35.3 Å². The first kappa shape index (κ1) is 36.7. The minimum atomic E-state index is -1.07. The van der Waals surface area contributed by atoms with Crippen LogP contribution in [0.2, 0.25) is 0 Å². The van der Waals surface area contributed by atoms with E-state index in [-0.39, 0.29) is 25.5 Å². The van der Waals surface area contributed by atoms with Crippen LogP contribution in [0.5, 0.6) is 5.75 Å². The van der Waals surface area contributed by atoms with Crippen molar-refractivity contribution in [2.24, 2.45) is 10.6 Å². The molecule has 1 spiro atoms. The van der Waals surface area contributed by atoms with Gasteiger partial charge in [-0.1, -0.05) is 39.3 Å². The first-order valence-corrected chi connectivity index (χ1v) is 16.9. The summed E-state index contributed by atoms with van der Waals surface area (Å²) in [5, 5.41) is 12.3. The first-order valence-electron chi connectivity index (χ1n) is 16.9. The molecule has 3 N–H and O–H groups in total. The zero-order valence-electron chi connectivity index (χ0n) is 29.5. The van der Waals surface area contributed by atoms with E-state index in [1.54, 1.807) is 7.11 Å². The van der Waals surface area contributed by atoms with Gasteiger partial charge >= 0.3 is 6.09 Å². The zero-order chi connectivity index (χ0) is 35.4. The highest BCUT2D eigenvalue weighted by atomic mass is 16.7. The lowest BCUT2D eigenvalue weighted by molar-refractivity contribution is -0.144. The molecule has 264 valence electrons. The monoisotopic (exact) mass is 669 g/mol. The molecule has 0 unspecified atom stereocenters. The molecule has 1 aliphatic carbocycles. The minimum absolute atomic E-state index is 0.0127. The second kappa shape index (κ2) is 14.9. The van der Waals surface area contributed by atoms with Crippen LogP contribution in [0.15, 0.2) is 17.3 Å². The predicted octanol–water partition coefficient (Wildman–Crippen LogP) is 3.46. The van der Waals surface area contributed by atoms with Crippen molar-refractivity contribution in [3.63, 3.8) is 0 Å². The average Bonchev–Trinajstić information content (AvgIpc) is 3.78. The van der Waals surface area contributed by atoms with Crippen LogP contribution >= 0.6 is 0 Å². The van der Waals surface area contributed by atoms with Crippen molar-refractivity contribution in [1.29, 1.82) is 0 Å². The number of oxime groups is 1. The van der Waals surface area contributed by atoms with E-state index >= 15 is 0 Å². The lowest BCUT2D eigenvalue weighted by Gasteiger charge is -2.35. The minimum Gasteiger partial charge on any atom is -0.496 e. The third-order valence-electron chi connectivity index (χ3n) is 9.43. The van der Waals surface area contributed by atoms with E-state index in [9.17, 15) is 24.0 Å². The summed E-state index contributed by atoms with van der Waals surface area (Å²) in [5.74, 6) is -1.88. The predicted molar refractivity (Wildman–Crippen MR) is 179 cm³/mol. The number of alkyl carbamates (subject to hydrolysis) is 1. The standard InChI is InChI=1S/C35H51N5O8/c1-9-12-24(27(41)31(43)36-7)37-30(42)26-18-35(17-25(39-48-35)22-15-20(2)28(46-8)21(3)16-22)19-40(26)32(44)29(34(4,5)6)38-33(45)47-23-13-10-11-14-23/h15-16,23-24,26,29H,9-14,17-19H2,1-8H3,(H,36,43)(H,37,42)(H,38,45)/t24-,26-,29+,35+/m0/s1. The maximum atomic E-state index is 14.5.